The third-order valence-electron chi connectivity index (χ3n) is 3.61. The van der Waals surface area contributed by atoms with Gasteiger partial charge >= 0.3 is 0 Å². The first-order chi connectivity index (χ1) is 11.7. The van der Waals surface area contributed by atoms with Gasteiger partial charge in [0.25, 0.3) is 5.91 Å². The number of carbonyl (C=O) groups is 1. The van der Waals surface area contributed by atoms with Crippen molar-refractivity contribution < 1.29 is 4.79 Å². The molecule has 3 aromatic heterocycles. The van der Waals surface area contributed by atoms with Gasteiger partial charge in [0.1, 0.15) is 5.01 Å². The van der Waals surface area contributed by atoms with Crippen LogP contribution in [0.3, 0.4) is 0 Å². The molecule has 0 bridgehead atoms. The number of imidazole rings is 1. The fourth-order valence-corrected chi connectivity index (χ4v) is 3.93. The summed E-state index contributed by atoms with van der Waals surface area (Å²) in [5.74, 6) is -0.0779. The average molecular weight is 354 g/mol. The zero-order valence-corrected chi connectivity index (χ0v) is 14.5. The van der Waals surface area contributed by atoms with Crippen molar-refractivity contribution >= 4 is 33.5 Å². The molecule has 4 rings (SSSR count). The zero-order valence-electron chi connectivity index (χ0n) is 12.9. The normalized spacial score (nSPS) is 11.0. The van der Waals surface area contributed by atoms with Crippen LogP contribution in [0.15, 0.2) is 47.8 Å². The fourth-order valence-electron chi connectivity index (χ4n) is 2.53. The lowest BCUT2D eigenvalue weighted by Crippen LogP contribution is -2.23. The van der Waals surface area contributed by atoms with E-state index in [1.807, 2.05) is 59.3 Å². The van der Waals surface area contributed by atoms with Gasteiger partial charge in [0.15, 0.2) is 0 Å². The second-order valence-corrected chi connectivity index (χ2v) is 7.36. The summed E-state index contributed by atoms with van der Waals surface area (Å²) in [4.78, 5) is 18.5. The standard InChI is InChI=1S/C17H14N4OS2/c1-11-20-21-13(10-18-16(22)14-8-5-9-23-14)15(19-17(21)24-11)12-6-3-2-4-7-12/h2-9H,10H2,1H3,(H,18,22). The lowest BCUT2D eigenvalue weighted by molar-refractivity contribution is 0.0954. The zero-order chi connectivity index (χ0) is 16.5. The summed E-state index contributed by atoms with van der Waals surface area (Å²) >= 11 is 2.97. The molecule has 0 spiro atoms. The SMILES string of the molecule is Cc1nn2c(CNC(=O)c3cccs3)c(-c3ccccc3)nc2s1. The topological polar surface area (TPSA) is 59.3 Å². The van der Waals surface area contributed by atoms with Gasteiger partial charge in [0.2, 0.25) is 4.96 Å². The molecule has 1 amide bonds. The molecule has 1 N–H and O–H groups in total. The van der Waals surface area contributed by atoms with E-state index < -0.39 is 0 Å². The van der Waals surface area contributed by atoms with Gasteiger partial charge in [-0.3, -0.25) is 4.79 Å². The van der Waals surface area contributed by atoms with E-state index >= 15 is 0 Å². The molecular formula is C17H14N4OS2. The monoisotopic (exact) mass is 354 g/mol. The number of rotatable bonds is 4. The number of nitrogens with zero attached hydrogens (tertiary/aromatic N) is 3. The molecule has 24 heavy (non-hydrogen) atoms. The highest BCUT2D eigenvalue weighted by atomic mass is 32.1. The molecule has 0 aliphatic carbocycles. The van der Waals surface area contributed by atoms with Gasteiger partial charge in [0.05, 0.1) is 22.8 Å². The van der Waals surface area contributed by atoms with Crippen LogP contribution in [0.1, 0.15) is 20.4 Å². The summed E-state index contributed by atoms with van der Waals surface area (Å²) in [5, 5.41) is 10.3. The minimum atomic E-state index is -0.0779. The number of aryl methyl sites for hydroxylation is 1. The van der Waals surface area contributed by atoms with Crippen LogP contribution in [0.2, 0.25) is 0 Å². The third kappa shape index (κ3) is 2.72. The van der Waals surface area contributed by atoms with Crippen LogP contribution in [0.25, 0.3) is 16.2 Å². The second kappa shape index (κ2) is 6.18. The number of hydrogen-bond acceptors (Lipinski definition) is 5. The molecule has 0 unspecified atom stereocenters. The van der Waals surface area contributed by atoms with E-state index in [-0.39, 0.29) is 5.91 Å². The second-order valence-electron chi connectivity index (χ2n) is 5.25. The molecule has 0 fully saturated rings. The maximum atomic E-state index is 12.2. The van der Waals surface area contributed by atoms with E-state index in [4.69, 9.17) is 4.98 Å². The van der Waals surface area contributed by atoms with Gasteiger partial charge in [-0.05, 0) is 18.4 Å². The van der Waals surface area contributed by atoms with Crippen LogP contribution in [-0.4, -0.2) is 20.5 Å². The lowest BCUT2D eigenvalue weighted by atomic mass is 10.1. The van der Waals surface area contributed by atoms with E-state index in [9.17, 15) is 4.79 Å². The molecule has 0 aliphatic rings. The van der Waals surface area contributed by atoms with E-state index in [2.05, 4.69) is 10.4 Å². The summed E-state index contributed by atoms with van der Waals surface area (Å²) in [6.45, 7) is 2.33. The Hall–Kier alpha value is -2.51. The molecule has 7 heteroatoms. The average Bonchev–Trinajstić information content (AvgIpc) is 3.29. The molecule has 0 radical (unpaired) electrons. The van der Waals surface area contributed by atoms with Crippen molar-refractivity contribution in [3.8, 4) is 11.3 Å². The van der Waals surface area contributed by atoms with Gasteiger partial charge in [0, 0.05) is 5.56 Å². The highest BCUT2D eigenvalue weighted by Crippen LogP contribution is 2.26. The van der Waals surface area contributed by atoms with Crippen LogP contribution in [0.5, 0.6) is 0 Å². The van der Waals surface area contributed by atoms with Crippen LogP contribution in [-0.2, 0) is 6.54 Å². The minimum Gasteiger partial charge on any atom is -0.346 e. The van der Waals surface area contributed by atoms with Gasteiger partial charge in [-0.1, -0.05) is 47.7 Å². The maximum Gasteiger partial charge on any atom is 0.261 e. The number of thiophene rings is 1. The fraction of sp³-hybridized carbons (Fsp3) is 0.118. The Balaban J connectivity index is 1.71. The molecular weight excluding hydrogens is 340 g/mol. The Morgan fingerprint density at radius 3 is 2.79 bits per heavy atom. The molecule has 0 atom stereocenters. The Kier molecular flexibility index (Phi) is 3.87. The van der Waals surface area contributed by atoms with Gasteiger partial charge in [-0.15, -0.1) is 11.3 Å². The number of aromatic nitrogens is 3. The quantitative estimate of drug-likeness (QED) is 0.607. The van der Waals surface area contributed by atoms with E-state index in [1.54, 1.807) is 11.3 Å². The Morgan fingerprint density at radius 1 is 1.21 bits per heavy atom. The van der Waals surface area contributed by atoms with E-state index in [0.717, 1.165) is 26.9 Å². The summed E-state index contributed by atoms with van der Waals surface area (Å²) in [5.41, 5.74) is 2.78. The molecule has 1 aromatic carbocycles. The van der Waals surface area contributed by atoms with Crippen LogP contribution < -0.4 is 5.32 Å². The summed E-state index contributed by atoms with van der Waals surface area (Å²) in [6, 6.07) is 13.7. The smallest absolute Gasteiger partial charge is 0.261 e. The van der Waals surface area contributed by atoms with Gasteiger partial charge in [-0.2, -0.15) is 5.10 Å². The van der Waals surface area contributed by atoms with Crippen molar-refractivity contribution in [2.45, 2.75) is 13.5 Å². The minimum absolute atomic E-state index is 0.0779. The number of fused-ring (bicyclic) bond motifs is 1. The number of benzene rings is 1. The number of hydrogen-bond donors (Lipinski definition) is 1. The molecule has 4 aromatic rings. The predicted octanol–water partition coefficient (Wildman–Crippen LogP) is 3.76. The molecule has 0 saturated heterocycles. The van der Waals surface area contributed by atoms with Gasteiger partial charge in [-0.25, -0.2) is 9.50 Å². The molecule has 0 saturated carbocycles. The largest absolute Gasteiger partial charge is 0.346 e. The number of amides is 1. The molecule has 5 nitrogen and oxygen atoms in total. The Labute approximate surface area is 146 Å². The van der Waals surface area contributed by atoms with Crippen LogP contribution in [0.4, 0.5) is 0 Å². The summed E-state index contributed by atoms with van der Waals surface area (Å²) in [6.07, 6.45) is 0. The molecule has 0 aliphatic heterocycles. The van der Waals surface area contributed by atoms with Gasteiger partial charge < -0.3 is 5.32 Å². The van der Waals surface area contributed by atoms with E-state index in [1.165, 1.54) is 11.3 Å². The highest BCUT2D eigenvalue weighted by molar-refractivity contribution is 7.16. The number of carbonyl (C=O) groups excluding carboxylic acids is 1. The predicted molar refractivity (Wildman–Crippen MR) is 96.5 cm³/mol. The van der Waals surface area contributed by atoms with E-state index in [0.29, 0.717) is 11.4 Å². The van der Waals surface area contributed by atoms with Crippen molar-refractivity contribution in [3.05, 3.63) is 63.4 Å². The molecule has 3 heterocycles. The molecule has 120 valence electrons. The van der Waals surface area contributed by atoms with Crippen molar-refractivity contribution in [2.24, 2.45) is 0 Å². The maximum absolute atomic E-state index is 12.2. The van der Waals surface area contributed by atoms with Crippen LogP contribution >= 0.6 is 22.7 Å². The van der Waals surface area contributed by atoms with Crippen molar-refractivity contribution in [1.29, 1.82) is 0 Å². The Morgan fingerprint density at radius 2 is 2.04 bits per heavy atom. The van der Waals surface area contributed by atoms with Crippen molar-refractivity contribution in [1.82, 2.24) is 19.9 Å². The lowest BCUT2D eigenvalue weighted by Gasteiger charge is -2.05. The Bertz CT molecular complexity index is 987. The van der Waals surface area contributed by atoms with Crippen molar-refractivity contribution in [2.75, 3.05) is 0 Å². The van der Waals surface area contributed by atoms with Crippen molar-refractivity contribution in [3.63, 3.8) is 0 Å². The van der Waals surface area contributed by atoms with Crippen LogP contribution in [0, 0.1) is 6.92 Å². The first kappa shape index (κ1) is 15.0. The third-order valence-corrected chi connectivity index (χ3v) is 5.30. The first-order valence-corrected chi connectivity index (χ1v) is 9.14. The highest BCUT2D eigenvalue weighted by Gasteiger charge is 2.18. The summed E-state index contributed by atoms with van der Waals surface area (Å²) in [7, 11) is 0. The first-order valence-electron chi connectivity index (χ1n) is 7.44. The summed E-state index contributed by atoms with van der Waals surface area (Å²) < 4.78 is 1.83. The number of nitrogens with one attached hydrogen (secondary N) is 1.